The fraction of sp³-hybridized carbons (Fsp3) is 0.706. The van der Waals surface area contributed by atoms with Crippen LogP contribution in [0.2, 0.25) is 0 Å². The molecule has 25 heavy (non-hydrogen) atoms. The Morgan fingerprint density at radius 3 is 2.72 bits per heavy atom. The van der Waals surface area contributed by atoms with Crippen molar-refractivity contribution in [2.75, 3.05) is 36.5 Å². The summed E-state index contributed by atoms with van der Waals surface area (Å²) < 4.78 is 23.4. The number of anilines is 1. The number of carbonyl (C=O) groups excluding carboxylic acids is 1. The minimum Gasteiger partial charge on any atom is -0.356 e. The molecule has 2 unspecified atom stereocenters. The zero-order valence-electron chi connectivity index (χ0n) is 15.1. The van der Waals surface area contributed by atoms with E-state index in [0.717, 1.165) is 25.3 Å². The minimum absolute atomic E-state index is 0.0375. The maximum absolute atomic E-state index is 12.8. The van der Waals surface area contributed by atoms with E-state index in [0.29, 0.717) is 23.9 Å². The number of piperidine rings is 1. The van der Waals surface area contributed by atoms with Crippen LogP contribution in [0, 0.1) is 12.8 Å². The number of rotatable bonds is 3. The first-order valence-electron chi connectivity index (χ1n) is 8.83. The van der Waals surface area contributed by atoms with Crippen LogP contribution in [0.15, 0.2) is 6.07 Å². The molecule has 0 radical (unpaired) electrons. The number of sulfone groups is 1. The third-order valence-corrected chi connectivity index (χ3v) is 6.85. The molecule has 1 aromatic heterocycles. The Kier molecular flexibility index (Phi) is 4.99. The molecule has 0 N–H and O–H groups in total. The van der Waals surface area contributed by atoms with E-state index < -0.39 is 9.84 Å². The maximum Gasteiger partial charge on any atom is 0.272 e. The maximum atomic E-state index is 12.8. The molecule has 3 rings (SSSR count). The summed E-state index contributed by atoms with van der Waals surface area (Å²) in [5, 5.41) is 0. The highest BCUT2D eigenvalue weighted by atomic mass is 32.2. The van der Waals surface area contributed by atoms with Crippen molar-refractivity contribution >= 4 is 21.6 Å². The quantitative estimate of drug-likeness (QED) is 0.801. The third-order valence-electron chi connectivity index (χ3n) is 5.10. The lowest BCUT2D eigenvalue weighted by Crippen LogP contribution is -2.39. The third kappa shape index (κ3) is 4.11. The van der Waals surface area contributed by atoms with Gasteiger partial charge in [0, 0.05) is 32.2 Å². The van der Waals surface area contributed by atoms with Gasteiger partial charge in [0.05, 0.1) is 11.5 Å². The van der Waals surface area contributed by atoms with Gasteiger partial charge in [-0.25, -0.2) is 18.4 Å². The highest BCUT2D eigenvalue weighted by Crippen LogP contribution is 2.23. The van der Waals surface area contributed by atoms with Gasteiger partial charge in [-0.3, -0.25) is 4.79 Å². The number of aryl methyl sites for hydroxylation is 1. The summed E-state index contributed by atoms with van der Waals surface area (Å²) in [5.74, 6) is 1.90. The largest absolute Gasteiger partial charge is 0.356 e. The summed E-state index contributed by atoms with van der Waals surface area (Å²) in [6.07, 6.45) is 2.82. The van der Waals surface area contributed by atoms with Crippen molar-refractivity contribution in [1.82, 2.24) is 14.9 Å². The molecule has 138 valence electrons. The number of carbonyl (C=O) groups is 1. The van der Waals surface area contributed by atoms with Crippen molar-refractivity contribution in [2.24, 2.45) is 5.92 Å². The highest BCUT2D eigenvalue weighted by Gasteiger charge is 2.33. The SMILES string of the molecule is Cc1nc(C(=O)N(C)C2CCS(=O)(=O)C2)cc(N2CCCC(C)C2)n1. The molecular weight excluding hydrogens is 340 g/mol. The minimum atomic E-state index is -3.03. The lowest BCUT2D eigenvalue weighted by Gasteiger charge is -2.32. The van der Waals surface area contributed by atoms with Gasteiger partial charge in [0.1, 0.15) is 17.3 Å². The summed E-state index contributed by atoms with van der Waals surface area (Å²) in [4.78, 5) is 25.3. The van der Waals surface area contributed by atoms with Crippen molar-refractivity contribution < 1.29 is 13.2 Å². The van der Waals surface area contributed by atoms with Gasteiger partial charge in [0.25, 0.3) is 5.91 Å². The Morgan fingerprint density at radius 2 is 2.08 bits per heavy atom. The van der Waals surface area contributed by atoms with Gasteiger partial charge in [0.15, 0.2) is 9.84 Å². The van der Waals surface area contributed by atoms with E-state index in [2.05, 4.69) is 21.8 Å². The fourth-order valence-electron chi connectivity index (χ4n) is 3.65. The predicted molar refractivity (Wildman–Crippen MR) is 96.5 cm³/mol. The van der Waals surface area contributed by atoms with E-state index >= 15 is 0 Å². The second-order valence-corrected chi connectivity index (χ2v) is 9.55. The molecule has 2 saturated heterocycles. The zero-order valence-corrected chi connectivity index (χ0v) is 15.9. The van der Waals surface area contributed by atoms with Crippen molar-refractivity contribution in [2.45, 2.75) is 39.2 Å². The molecule has 2 aliphatic rings. The molecule has 7 nitrogen and oxygen atoms in total. The Bertz CT molecular complexity index is 765. The second kappa shape index (κ2) is 6.90. The van der Waals surface area contributed by atoms with Crippen molar-refractivity contribution in [3.8, 4) is 0 Å². The van der Waals surface area contributed by atoms with Crippen LogP contribution < -0.4 is 4.90 Å². The van der Waals surface area contributed by atoms with Gasteiger partial charge in [0.2, 0.25) is 0 Å². The molecule has 1 amide bonds. The topological polar surface area (TPSA) is 83.5 Å². The Balaban J connectivity index is 1.80. The van der Waals surface area contributed by atoms with Crippen LogP contribution in [0.1, 0.15) is 42.5 Å². The van der Waals surface area contributed by atoms with E-state index in [1.165, 1.54) is 11.3 Å². The molecule has 0 saturated carbocycles. The van der Waals surface area contributed by atoms with Crippen LogP contribution in [-0.4, -0.2) is 66.9 Å². The number of nitrogens with zero attached hydrogens (tertiary/aromatic N) is 4. The van der Waals surface area contributed by atoms with Crippen molar-refractivity contribution in [3.05, 3.63) is 17.6 Å². The second-order valence-electron chi connectivity index (χ2n) is 7.32. The monoisotopic (exact) mass is 366 g/mol. The zero-order chi connectivity index (χ0) is 18.2. The van der Waals surface area contributed by atoms with Gasteiger partial charge >= 0.3 is 0 Å². The summed E-state index contributed by atoms with van der Waals surface area (Å²) in [5.41, 5.74) is 0.340. The first-order valence-corrected chi connectivity index (χ1v) is 10.7. The van der Waals surface area contributed by atoms with Crippen LogP contribution >= 0.6 is 0 Å². The lowest BCUT2D eigenvalue weighted by atomic mass is 10.0. The van der Waals surface area contributed by atoms with E-state index in [1.54, 1.807) is 20.0 Å². The standard InChI is InChI=1S/C17H26N4O3S/c1-12-5-4-7-21(10-12)16-9-15(18-13(2)19-16)17(22)20(3)14-6-8-25(23,24)11-14/h9,12,14H,4-8,10-11H2,1-3H3. The number of aromatic nitrogens is 2. The van der Waals surface area contributed by atoms with Gasteiger partial charge in [-0.1, -0.05) is 6.92 Å². The van der Waals surface area contributed by atoms with Crippen molar-refractivity contribution in [3.63, 3.8) is 0 Å². The Labute approximate surface area is 149 Å². The molecule has 2 fully saturated rings. The van der Waals surface area contributed by atoms with Crippen LogP contribution in [-0.2, 0) is 9.84 Å². The summed E-state index contributed by atoms with van der Waals surface area (Å²) >= 11 is 0. The fourth-order valence-corrected chi connectivity index (χ4v) is 5.42. The van der Waals surface area contributed by atoms with E-state index in [9.17, 15) is 13.2 Å². The summed E-state index contributed by atoms with van der Waals surface area (Å²) in [6, 6.07) is 1.47. The van der Waals surface area contributed by atoms with Crippen molar-refractivity contribution in [1.29, 1.82) is 0 Å². The van der Waals surface area contributed by atoms with E-state index in [-0.39, 0.29) is 23.5 Å². The molecule has 2 aliphatic heterocycles. The number of hydrogen-bond acceptors (Lipinski definition) is 6. The summed E-state index contributed by atoms with van der Waals surface area (Å²) in [7, 11) is -1.37. The highest BCUT2D eigenvalue weighted by molar-refractivity contribution is 7.91. The van der Waals surface area contributed by atoms with Gasteiger partial charge < -0.3 is 9.80 Å². The van der Waals surface area contributed by atoms with Crippen LogP contribution in [0.5, 0.6) is 0 Å². The lowest BCUT2D eigenvalue weighted by molar-refractivity contribution is 0.0741. The molecular formula is C17H26N4O3S. The summed E-state index contributed by atoms with van der Waals surface area (Å²) in [6.45, 7) is 5.88. The first kappa shape index (κ1) is 18.1. The van der Waals surface area contributed by atoms with Gasteiger partial charge in [-0.2, -0.15) is 0 Å². The van der Waals surface area contributed by atoms with Crippen LogP contribution in [0.4, 0.5) is 5.82 Å². The Hall–Kier alpha value is -1.70. The molecule has 0 spiro atoms. The van der Waals surface area contributed by atoms with Gasteiger partial charge in [-0.15, -0.1) is 0 Å². The van der Waals surface area contributed by atoms with Crippen LogP contribution in [0.3, 0.4) is 0 Å². The molecule has 1 aromatic rings. The van der Waals surface area contributed by atoms with Gasteiger partial charge in [-0.05, 0) is 32.1 Å². The average Bonchev–Trinajstić information content (AvgIpc) is 2.93. The van der Waals surface area contributed by atoms with E-state index in [1.807, 2.05) is 0 Å². The molecule has 8 heteroatoms. The molecule has 3 heterocycles. The number of amides is 1. The smallest absolute Gasteiger partial charge is 0.272 e. The van der Waals surface area contributed by atoms with Crippen LogP contribution in [0.25, 0.3) is 0 Å². The normalized spacial score (nSPS) is 25.8. The Morgan fingerprint density at radius 1 is 1.32 bits per heavy atom. The molecule has 2 atom stereocenters. The molecule has 0 bridgehead atoms. The molecule has 0 aromatic carbocycles. The average molecular weight is 366 g/mol. The van der Waals surface area contributed by atoms with E-state index in [4.69, 9.17) is 0 Å². The number of hydrogen-bond donors (Lipinski definition) is 0. The predicted octanol–water partition coefficient (Wildman–Crippen LogP) is 1.28. The molecule has 0 aliphatic carbocycles. The first-order chi connectivity index (χ1) is 11.7.